The molecular weight excluding hydrogens is 250 g/mol. The van der Waals surface area contributed by atoms with Crippen molar-refractivity contribution in [2.24, 2.45) is 0 Å². The predicted molar refractivity (Wildman–Crippen MR) is 74.3 cm³/mol. The number of aryl methyl sites for hydroxylation is 1. The monoisotopic (exact) mass is 269 g/mol. The largest absolute Gasteiger partial charge is 0.494 e. The fourth-order valence-corrected chi connectivity index (χ4v) is 1.74. The molecule has 4 heteroatoms. The molecule has 0 saturated heterocycles. The lowest BCUT2D eigenvalue weighted by atomic mass is 10.2. The summed E-state index contributed by atoms with van der Waals surface area (Å²) >= 11 is 5.46. The number of carbonyl (C=O) groups is 1. The van der Waals surface area contributed by atoms with Gasteiger partial charge in [0.2, 0.25) is 5.91 Å². The molecular formula is C14H20ClNO2. The SMILES string of the molecule is CCc1ccc(OCCCN(C)C(=O)CCl)cc1. The zero-order valence-electron chi connectivity index (χ0n) is 11.0. The van der Waals surface area contributed by atoms with E-state index in [-0.39, 0.29) is 11.8 Å². The van der Waals surface area contributed by atoms with Gasteiger partial charge in [0.1, 0.15) is 11.6 Å². The maximum Gasteiger partial charge on any atom is 0.237 e. The zero-order valence-corrected chi connectivity index (χ0v) is 11.7. The normalized spacial score (nSPS) is 10.2. The maximum absolute atomic E-state index is 11.2. The second-order valence-corrected chi connectivity index (χ2v) is 4.42. The molecule has 0 saturated carbocycles. The molecule has 18 heavy (non-hydrogen) atoms. The quantitative estimate of drug-likeness (QED) is 0.563. The van der Waals surface area contributed by atoms with Crippen LogP contribution < -0.4 is 4.74 Å². The number of rotatable bonds is 7. The number of carbonyl (C=O) groups excluding carboxylic acids is 1. The topological polar surface area (TPSA) is 29.5 Å². The van der Waals surface area contributed by atoms with Gasteiger partial charge in [0, 0.05) is 13.6 Å². The molecule has 0 heterocycles. The first-order valence-electron chi connectivity index (χ1n) is 6.19. The Kier molecular flexibility index (Phi) is 6.58. The van der Waals surface area contributed by atoms with Crippen molar-refractivity contribution in [2.75, 3.05) is 26.1 Å². The molecule has 0 aromatic heterocycles. The highest BCUT2D eigenvalue weighted by Crippen LogP contribution is 2.12. The number of hydrogen-bond acceptors (Lipinski definition) is 2. The average Bonchev–Trinajstić information content (AvgIpc) is 2.43. The lowest BCUT2D eigenvalue weighted by Gasteiger charge is -2.15. The lowest BCUT2D eigenvalue weighted by molar-refractivity contribution is -0.127. The third-order valence-electron chi connectivity index (χ3n) is 2.78. The molecule has 100 valence electrons. The van der Waals surface area contributed by atoms with Gasteiger partial charge < -0.3 is 9.64 Å². The molecule has 0 aliphatic heterocycles. The van der Waals surface area contributed by atoms with Crippen LogP contribution in [0.25, 0.3) is 0 Å². The van der Waals surface area contributed by atoms with E-state index in [4.69, 9.17) is 16.3 Å². The number of halogens is 1. The molecule has 1 aromatic carbocycles. The highest BCUT2D eigenvalue weighted by Gasteiger charge is 2.05. The van der Waals surface area contributed by atoms with Crippen LogP contribution in [0.2, 0.25) is 0 Å². The summed E-state index contributed by atoms with van der Waals surface area (Å²) in [6.07, 6.45) is 1.83. The summed E-state index contributed by atoms with van der Waals surface area (Å²) in [5, 5.41) is 0. The second kappa shape index (κ2) is 7.98. The number of alkyl halides is 1. The van der Waals surface area contributed by atoms with E-state index in [0.717, 1.165) is 18.6 Å². The van der Waals surface area contributed by atoms with Crippen molar-refractivity contribution in [3.05, 3.63) is 29.8 Å². The van der Waals surface area contributed by atoms with Crippen LogP contribution in [-0.4, -0.2) is 36.9 Å². The van der Waals surface area contributed by atoms with Gasteiger partial charge in [0.05, 0.1) is 6.61 Å². The van der Waals surface area contributed by atoms with Crippen molar-refractivity contribution in [2.45, 2.75) is 19.8 Å². The summed E-state index contributed by atoms with van der Waals surface area (Å²) in [4.78, 5) is 12.8. The third kappa shape index (κ3) is 4.96. The highest BCUT2D eigenvalue weighted by atomic mass is 35.5. The molecule has 0 unspecified atom stereocenters. The Morgan fingerprint density at radius 1 is 1.33 bits per heavy atom. The van der Waals surface area contributed by atoms with Gasteiger partial charge in [-0.3, -0.25) is 4.79 Å². The van der Waals surface area contributed by atoms with Gasteiger partial charge in [-0.15, -0.1) is 11.6 Å². The number of amides is 1. The van der Waals surface area contributed by atoms with E-state index in [0.29, 0.717) is 13.2 Å². The van der Waals surface area contributed by atoms with Crippen LogP contribution in [0.15, 0.2) is 24.3 Å². The molecule has 0 aliphatic carbocycles. The summed E-state index contributed by atoms with van der Waals surface area (Å²) in [6.45, 7) is 3.39. The predicted octanol–water partition coefficient (Wildman–Crippen LogP) is 2.72. The van der Waals surface area contributed by atoms with E-state index in [1.165, 1.54) is 5.56 Å². The Bertz CT molecular complexity index is 365. The van der Waals surface area contributed by atoms with E-state index in [1.807, 2.05) is 12.1 Å². The van der Waals surface area contributed by atoms with Crippen molar-refractivity contribution < 1.29 is 9.53 Å². The molecule has 0 spiro atoms. The summed E-state index contributed by atoms with van der Waals surface area (Å²) in [5.74, 6) is 0.859. The molecule has 1 amide bonds. The smallest absolute Gasteiger partial charge is 0.237 e. The van der Waals surface area contributed by atoms with Gasteiger partial charge in [0.15, 0.2) is 0 Å². The molecule has 0 fully saturated rings. The van der Waals surface area contributed by atoms with Crippen LogP contribution in [0.4, 0.5) is 0 Å². The second-order valence-electron chi connectivity index (χ2n) is 4.15. The first-order chi connectivity index (χ1) is 8.67. The first kappa shape index (κ1) is 14.8. The Hall–Kier alpha value is -1.22. The lowest BCUT2D eigenvalue weighted by Crippen LogP contribution is -2.29. The Balaban J connectivity index is 2.23. The van der Waals surface area contributed by atoms with Crippen molar-refractivity contribution in [3.8, 4) is 5.75 Å². The minimum absolute atomic E-state index is 0.0375. The van der Waals surface area contributed by atoms with Crippen molar-refractivity contribution >= 4 is 17.5 Å². The van der Waals surface area contributed by atoms with Crippen molar-refractivity contribution in [3.63, 3.8) is 0 Å². The number of hydrogen-bond donors (Lipinski definition) is 0. The van der Waals surface area contributed by atoms with Crippen LogP contribution in [-0.2, 0) is 11.2 Å². The van der Waals surface area contributed by atoms with Gasteiger partial charge in [-0.25, -0.2) is 0 Å². The summed E-state index contributed by atoms with van der Waals surface area (Å²) < 4.78 is 5.60. The van der Waals surface area contributed by atoms with Crippen LogP contribution in [0.1, 0.15) is 18.9 Å². The molecule has 0 aliphatic rings. The van der Waals surface area contributed by atoms with Crippen LogP contribution >= 0.6 is 11.6 Å². The fraction of sp³-hybridized carbons (Fsp3) is 0.500. The number of nitrogens with zero attached hydrogens (tertiary/aromatic N) is 1. The van der Waals surface area contributed by atoms with Crippen LogP contribution in [0, 0.1) is 0 Å². The van der Waals surface area contributed by atoms with Crippen LogP contribution in [0.3, 0.4) is 0 Å². The summed E-state index contributed by atoms with van der Waals surface area (Å²) in [7, 11) is 1.75. The molecule has 0 N–H and O–H groups in total. The van der Waals surface area contributed by atoms with E-state index in [2.05, 4.69) is 19.1 Å². The van der Waals surface area contributed by atoms with E-state index in [9.17, 15) is 4.79 Å². The molecule has 1 rings (SSSR count). The Morgan fingerprint density at radius 3 is 2.56 bits per heavy atom. The van der Waals surface area contributed by atoms with Gasteiger partial charge in [0.25, 0.3) is 0 Å². The zero-order chi connectivity index (χ0) is 13.4. The maximum atomic E-state index is 11.2. The molecule has 1 aromatic rings. The Labute approximate surface area is 114 Å². The minimum Gasteiger partial charge on any atom is -0.494 e. The summed E-state index contributed by atoms with van der Waals surface area (Å²) in [5.41, 5.74) is 1.30. The van der Waals surface area contributed by atoms with E-state index in [1.54, 1.807) is 11.9 Å². The standard InChI is InChI=1S/C14H20ClNO2/c1-3-12-5-7-13(8-6-12)18-10-4-9-16(2)14(17)11-15/h5-8H,3-4,9-11H2,1-2H3. The molecule has 3 nitrogen and oxygen atoms in total. The van der Waals surface area contributed by atoms with E-state index >= 15 is 0 Å². The van der Waals surface area contributed by atoms with E-state index < -0.39 is 0 Å². The number of benzene rings is 1. The number of ether oxygens (including phenoxy) is 1. The summed E-state index contributed by atoms with van der Waals surface area (Å²) in [6, 6.07) is 8.09. The van der Waals surface area contributed by atoms with Gasteiger partial charge in [-0.05, 0) is 30.5 Å². The first-order valence-corrected chi connectivity index (χ1v) is 6.72. The van der Waals surface area contributed by atoms with Gasteiger partial charge >= 0.3 is 0 Å². The average molecular weight is 270 g/mol. The molecule has 0 atom stereocenters. The van der Waals surface area contributed by atoms with Crippen molar-refractivity contribution in [1.29, 1.82) is 0 Å². The molecule has 0 radical (unpaired) electrons. The van der Waals surface area contributed by atoms with Crippen LogP contribution in [0.5, 0.6) is 5.75 Å². The van der Waals surface area contributed by atoms with Gasteiger partial charge in [-0.2, -0.15) is 0 Å². The Morgan fingerprint density at radius 2 is 2.00 bits per heavy atom. The van der Waals surface area contributed by atoms with Crippen molar-refractivity contribution in [1.82, 2.24) is 4.90 Å². The minimum atomic E-state index is -0.0519. The highest BCUT2D eigenvalue weighted by molar-refractivity contribution is 6.27. The van der Waals surface area contributed by atoms with Gasteiger partial charge in [-0.1, -0.05) is 19.1 Å². The fourth-order valence-electron chi connectivity index (χ4n) is 1.54. The molecule has 0 bridgehead atoms. The third-order valence-corrected chi connectivity index (χ3v) is 3.01.